The molecule has 0 aliphatic carbocycles. The standard InChI is InChI=1S/C17H25N3O/c1-5-10-20-16(13(4)18-11-12(2)3)19-15-9-7-6-8-14(15)17(20)21/h6-9,12-13,18H,5,10-11H2,1-4H3. The largest absolute Gasteiger partial charge is 0.307 e. The summed E-state index contributed by atoms with van der Waals surface area (Å²) >= 11 is 0. The molecule has 1 aromatic carbocycles. The van der Waals surface area contributed by atoms with Gasteiger partial charge < -0.3 is 5.32 Å². The van der Waals surface area contributed by atoms with Gasteiger partial charge in [0.05, 0.1) is 16.9 Å². The second kappa shape index (κ2) is 6.85. The van der Waals surface area contributed by atoms with Crippen molar-refractivity contribution in [1.82, 2.24) is 14.9 Å². The summed E-state index contributed by atoms with van der Waals surface area (Å²) in [7, 11) is 0. The minimum Gasteiger partial charge on any atom is -0.307 e. The summed E-state index contributed by atoms with van der Waals surface area (Å²) in [5, 5.41) is 4.17. The third-order valence-electron chi connectivity index (χ3n) is 3.56. The molecule has 1 N–H and O–H groups in total. The fourth-order valence-electron chi connectivity index (χ4n) is 2.46. The lowest BCUT2D eigenvalue weighted by Gasteiger charge is -2.20. The summed E-state index contributed by atoms with van der Waals surface area (Å²) in [6.45, 7) is 10.1. The van der Waals surface area contributed by atoms with Gasteiger partial charge in [0.1, 0.15) is 5.82 Å². The number of nitrogens with zero attached hydrogens (tertiary/aromatic N) is 2. The number of para-hydroxylation sites is 1. The van der Waals surface area contributed by atoms with Crippen LogP contribution in [0.2, 0.25) is 0 Å². The Labute approximate surface area is 126 Å². The van der Waals surface area contributed by atoms with Crippen LogP contribution in [0.25, 0.3) is 10.9 Å². The van der Waals surface area contributed by atoms with Crippen molar-refractivity contribution in [2.75, 3.05) is 6.54 Å². The number of hydrogen-bond donors (Lipinski definition) is 1. The lowest BCUT2D eigenvalue weighted by Crippen LogP contribution is -2.32. The molecule has 0 saturated carbocycles. The lowest BCUT2D eigenvalue weighted by atomic mass is 10.2. The van der Waals surface area contributed by atoms with E-state index in [-0.39, 0.29) is 11.6 Å². The van der Waals surface area contributed by atoms with E-state index in [0.717, 1.165) is 24.3 Å². The zero-order valence-corrected chi connectivity index (χ0v) is 13.4. The van der Waals surface area contributed by atoms with Crippen LogP contribution in [0.5, 0.6) is 0 Å². The molecule has 0 saturated heterocycles. The Balaban J connectivity index is 2.49. The number of nitrogens with one attached hydrogen (secondary N) is 1. The molecule has 2 aromatic rings. The smallest absolute Gasteiger partial charge is 0.261 e. The highest BCUT2D eigenvalue weighted by Crippen LogP contribution is 2.14. The normalized spacial score (nSPS) is 13.0. The van der Waals surface area contributed by atoms with Gasteiger partial charge in [0.25, 0.3) is 5.56 Å². The average molecular weight is 287 g/mol. The molecule has 4 nitrogen and oxygen atoms in total. The van der Waals surface area contributed by atoms with Crippen molar-refractivity contribution >= 4 is 10.9 Å². The van der Waals surface area contributed by atoms with Crippen LogP contribution < -0.4 is 10.9 Å². The third-order valence-corrected chi connectivity index (χ3v) is 3.56. The van der Waals surface area contributed by atoms with Crippen LogP contribution in [0.3, 0.4) is 0 Å². The molecule has 0 aliphatic rings. The molecule has 1 heterocycles. The lowest BCUT2D eigenvalue weighted by molar-refractivity contribution is 0.456. The van der Waals surface area contributed by atoms with Gasteiger partial charge in [0.15, 0.2) is 0 Å². The van der Waals surface area contributed by atoms with E-state index in [0.29, 0.717) is 17.8 Å². The summed E-state index contributed by atoms with van der Waals surface area (Å²) in [4.78, 5) is 17.4. The highest BCUT2D eigenvalue weighted by Gasteiger charge is 2.15. The second-order valence-electron chi connectivity index (χ2n) is 5.97. The fourth-order valence-corrected chi connectivity index (χ4v) is 2.46. The maximum atomic E-state index is 12.7. The predicted molar refractivity (Wildman–Crippen MR) is 87.5 cm³/mol. The molecule has 0 fully saturated rings. The van der Waals surface area contributed by atoms with Gasteiger partial charge in [-0.3, -0.25) is 9.36 Å². The minimum atomic E-state index is 0.0654. The SMILES string of the molecule is CCCn1c(C(C)NCC(C)C)nc2ccccc2c1=O. The number of benzene rings is 1. The topological polar surface area (TPSA) is 46.9 Å². The molecule has 0 bridgehead atoms. The Morgan fingerprint density at radius 3 is 2.62 bits per heavy atom. The van der Waals surface area contributed by atoms with E-state index in [4.69, 9.17) is 4.98 Å². The fraction of sp³-hybridized carbons (Fsp3) is 0.529. The van der Waals surface area contributed by atoms with E-state index in [1.165, 1.54) is 0 Å². The first kappa shape index (κ1) is 15.7. The first-order chi connectivity index (χ1) is 10.0. The maximum absolute atomic E-state index is 12.7. The summed E-state index contributed by atoms with van der Waals surface area (Å²) in [5.41, 5.74) is 0.846. The molecule has 1 atom stereocenters. The zero-order valence-electron chi connectivity index (χ0n) is 13.4. The quantitative estimate of drug-likeness (QED) is 0.888. The number of fused-ring (bicyclic) bond motifs is 1. The van der Waals surface area contributed by atoms with E-state index < -0.39 is 0 Å². The van der Waals surface area contributed by atoms with Crippen LogP contribution in [0, 0.1) is 5.92 Å². The molecule has 0 amide bonds. The monoisotopic (exact) mass is 287 g/mol. The molecule has 0 radical (unpaired) electrons. The molecule has 21 heavy (non-hydrogen) atoms. The van der Waals surface area contributed by atoms with Crippen molar-refractivity contribution in [2.45, 2.75) is 46.7 Å². The highest BCUT2D eigenvalue weighted by atomic mass is 16.1. The van der Waals surface area contributed by atoms with Crippen molar-refractivity contribution in [1.29, 1.82) is 0 Å². The number of rotatable bonds is 6. The summed E-state index contributed by atoms with van der Waals surface area (Å²) in [6.07, 6.45) is 0.920. The summed E-state index contributed by atoms with van der Waals surface area (Å²) in [6, 6.07) is 7.64. The van der Waals surface area contributed by atoms with E-state index in [1.807, 2.05) is 28.8 Å². The van der Waals surface area contributed by atoms with Crippen molar-refractivity contribution in [3.05, 3.63) is 40.4 Å². The van der Waals surface area contributed by atoms with E-state index in [2.05, 4.69) is 33.0 Å². The van der Waals surface area contributed by atoms with E-state index in [9.17, 15) is 4.79 Å². The zero-order chi connectivity index (χ0) is 15.4. The number of hydrogen-bond acceptors (Lipinski definition) is 3. The Hall–Kier alpha value is -1.68. The van der Waals surface area contributed by atoms with E-state index >= 15 is 0 Å². The Kier molecular flexibility index (Phi) is 5.12. The van der Waals surface area contributed by atoms with Crippen LogP contribution in [-0.2, 0) is 6.54 Å². The molecule has 1 unspecified atom stereocenters. The van der Waals surface area contributed by atoms with Crippen LogP contribution >= 0.6 is 0 Å². The molecule has 0 spiro atoms. The van der Waals surface area contributed by atoms with Gasteiger partial charge >= 0.3 is 0 Å². The predicted octanol–water partition coefficient (Wildman–Crippen LogP) is 3.11. The van der Waals surface area contributed by atoms with Crippen molar-refractivity contribution in [3.63, 3.8) is 0 Å². The number of aromatic nitrogens is 2. The maximum Gasteiger partial charge on any atom is 0.261 e. The Morgan fingerprint density at radius 1 is 1.24 bits per heavy atom. The highest BCUT2D eigenvalue weighted by molar-refractivity contribution is 5.77. The van der Waals surface area contributed by atoms with Gasteiger partial charge in [-0.15, -0.1) is 0 Å². The van der Waals surface area contributed by atoms with Gasteiger partial charge in [0.2, 0.25) is 0 Å². The first-order valence-electron chi connectivity index (χ1n) is 7.77. The molecule has 0 aliphatic heterocycles. The van der Waals surface area contributed by atoms with Crippen LogP contribution in [0.4, 0.5) is 0 Å². The molecule has 2 rings (SSSR count). The molecular weight excluding hydrogens is 262 g/mol. The van der Waals surface area contributed by atoms with Gasteiger partial charge in [0, 0.05) is 6.54 Å². The van der Waals surface area contributed by atoms with Crippen LogP contribution in [0.1, 0.15) is 46.0 Å². The molecule has 114 valence electrons. The first-order valence-corrected chi connectivity index (χ1v) is 7.77. The third kappa shape index (κ3) is 3.50. The van der Waals surface area contributed by atoms with Crippen molar-refractivity contribution in [2.24, 2.45) is 5.92 Å². The van der Waals surface area contributed by atoms with Gasteiger partial charge in [-0.05, 0) is 37.9 Å². The summed E-state index contributed by atoms with van der Waals surface area (Å²) < 4.78 is 1.82. The van der Waals surface area contributed by atoms with Gasteiger partial charge in [-0.25, -0.2) is 4.98 Å². The van der Waals surface area contributed by atoms with Gasteiger partial charge in [-0.1, -0.05) is 32.9 Å². The molecule has 4 heteroatoms. The molecular formula is C17H25N3O. The van der Waals surface area contributed by atoms with Crippen molar-refractivity contribution < 1.29 is 0 Å². The summed E-state index contributed by atoms with van der Waals surface area (Å²) in [5.74, 6) is 1.40. The average Bonchev–Trinajstić information content (AvgIpc) is 2.47. The van der Waals surface area contributed by atoms with Crippen LogP contribution in [0.15, 0.2) is 29.1 Å². The van der Waals surface area contributed by atoms with Gasteiger partial charge in [-0.2, -0.15) is 0 Å². The van der Waals surface area contributed by atoms with E-state index in [1.54, 1.807) is 0 Å². The minimum absolute atomic E-state index is 0.0654. The van der Waals surface area contributed by atoms with Crippen LogP contribution in [-0.4, -0.2) is 16.1 Å². The Morgan fingerprint density at radius 2 is 1.95 bits per heavy atom. The molecule has 1 aromatic heterocycles. The second-order valence-corrected chi connectivity index (χ2v) is 5.97. The van der Waals surface area contributed by atoms with Crippen molar-refractivity contribution in [3.8, 4) is 0 Å². The Bertz CT molecular complexity index is 661.